The molecule has 0 saturated carbocycles. The van der Waals surface area contributed by atoms with E-state index < -0.39 is 56.3 Å². The molecule has 0 N–H and O–H groups in total. The van der Waals surface area contributed by atoms with Crippen LogP contribution < -0.4 is 0 Å². The Hall–Kier alpha value is -2.12. The van der Waals surface area contributed by atoms with E-state index in [0.29, 0.717) is 38.9 Å². The van der Waals surface area contributed by atoms with Gasteiger partial charge in [-0.1, -0.05) is 101 Å². The van der Waals surface area contributed by atoms with Crippen LogP contribution in [0.3, 0.4) is 0 Å². The molecule has 0 aliphatic carbocycles. The molecule has 0 aromatic heterocycles. The molecule has 0 bridgehead atoms. The van der Waals surface area contributed by atoms with Gasteiger partial charge in [0.1, 0.15) is 19.3 Å². The summed E-state index contributed by atoms with van der Waals surface area (Å²) >= 11 is 0. The second kappa shape index (κ2) is 58.0. The Morgan fingerprint density at radius 2 is 0.708 bits per heavy atom. The summed E-state index contributed by atoms with van der Waals surface area (Å²) in [5.74, 6) is -0.311. The van der Waals surface area contributed by atoms with E-state index in [-0.39, 0.29) is 145 Å². The van der Waals surface area contributed by atoms with Crippen molar-refractivity contribution >= 4 is 39.3 Å². The molecule has 0 fully saturated rings. The summed E-state index contributed by atoms with van der Waals surface area (Å²) in [6, 6.07) is 0. The van der Waals surface area contributed by atoms with Gasteiger partial charge in [0.25, 0.3) is 0 Å². The van der Waals surface area contributed by atoms with Gasteiger partial charge in [-0.2, -0.15) is 0 Å². The van der Waals surface area contributed by atoms with Crippen LogP contribution in [0.15, 0.2) is 74.3 Å². The SMILES string of the molecule is C.C.C.C.C.C.C.C.C.C.C=C.C=C.C=CS(=O)(=O)CCOCCCC(CCCOCCS(=O)(=O)C=C)OCCOCCOC(COOC(C)S(=O)(=O)C=C)COOC(C)S(=O)(=O)C=C. The number of hydrogen-bond acceptors (Lipinski definition) is 17. The fourth-order valence-electron chi connectivity index (χ4n) is 3.45. The van der Waals surface area contributed by atoms with Gasteiger partial charge >= 0.3 is 0 Å². The van der Waals surface area contributed by atoms with Crippen molar-refractivity contribution < 1.29 is 76.9 Å². The highest BCUT2D eigenvalue weighted by Gasteiger charge is 2.22. The van der Waals surface area contributed by atoms with Gasteiger partial charge in [-0.05, 0) is 39.5 Å². The summed E-state index contributed by atoms with van der Waals surface area (Å²) in [6.07, 6.45) is 1.32. The zero-order valence-corrected chi connectivity index (χ0v) is 35.4. The minimum atomic E-state index is -3.76. The Kier molecular flexibility index (Phi) is 86.4. The first kappa shape index (κ1) is 96.8. The molecule has 0 spiro atoms. The van der Waals surface area contributed by atoms with E-state index in [1.807, 2.05) is 0 Å². The maximum atomic E-state index is 11.8. The summed E-state index contributed by atoms with van der Waals surface area (Å²) in [4.78, 5) is 19.8. The van der Waals surface area contributed by atoms with Crippen molar-refractivity contribution in [3.8, 4) is 0 Å². The average molecular weight is 1030 g/mol. The highest BCUT2D eigenvalue weighted by Crippen LogP contribution is 2.12. The molecular formula is C44H102O17S4. The zero-order valence-electron chi connectivity index (χ0n) is 32.2. The fraction of sp³-hybridized carbons (Fsp3) is 0.727. The largest absolute Gasteiger partial charge is 0.380 e. The van der Waals surface area contributed by atoms with Crippen LogP contribution >= 0.6 is 0 Å². The van der Waals surface area contributed by atoms with E-state index in [9.17, 15) is 33.7 Å². The highest BCUT2D eigenvalue weighted by atomic mass is 32.2. The van der Waals surface area contributed by atoms with E-state index in [0.717, 1.165) is 21.6 Å². The number of sulfone groups is 4. The molecule has 0 aliphatic heterocycles. The lowest BCUT2D eigenvalue weighted by molar-refractivity contribution is -0.342. The molecule has 65 heavy (non-hydrogen) atoms. The van der Waals surface area contributed by atoms with Gasteiger partial charge in [-0.3, -0.25) is 0 Å². The van der Waals surface area contributed by atoms with Crippen molar-refractivity contribution in [1.29, 1.82) is 0 Å². The lowest BCUT2D eigenvalue weighted by Gasteiger charge is -2.20. The molecule has 0 rings (SSSR count). The van der Waals surface area contributed by atoms with Gasteiger partial charge in [0, 0.05) is 34.8 Å². The Morgan fingerprint density at radius 3 is 1.00 bits per heavy atom. The minimum Gasteiger partial charge on any atom is -0.380 e. The maximum Gasteiger partial charge on any atom is 0.200 e. The normalized spacial score (nSPS) is 11.6. The standard InChI is InChI=1S/C30H54O17S4.2C2H4.10CH4/c1-7-48(31,32)23-21-39-15-11-13-29(14-12-16-40-22-24-49(33,34)8-2)42-19-17-41-18-20-43-30(25-44-46-27(5)50(35,36)9-3)26-45-47-28(6)51(37,38)10-4;2*1-2;;;;;;;;;;/h7-10,27-30H,1-4,11-26H2,5-6H3;2*1-2H2;10*1H4. The molecular weight excluding hydrogens is 929 g/mol. The van der Waals surface area contributed by atoms with Crippen molar-refractivity contribution in [3.63, 3.8) is 0 Å². The van der Waals surface area contributed by atoms with E-state index >= 15 is 0 Å². The lowest BCUT2D eigenvalue weighted by atomic mass is 10.1. The van der Waals surface area contributed by atoms with E-state index in [1.54, 1.807) is 0 Å². The monoisotopic (exact) mass is 1030 g/mol. The molecule has 17 nitrogen and oxygen atoms in total. The molecule has 0 amide bonds. The van der Waals surface area contributed by atoms with Crippen molar-refractivity contribution in [3.05, 3.63) is 74.3 Å². The van der Waals surface area contributed by atoms with Crippen LogP contribution in [-0.2, 0) is 82.6 Å². The van der Waals surface area contributed by atoms with Gasteiger partial charge in [-0.25, -0.2) is 53.2 Å². The van der Waals surface area contributed by atoms with Crippen LogP contribution in [0.25, 0.3) is 0 Å². The number of hydrogen-bond donors (Lipinski definition) is 0. The second-order valence-corrected chi connectivity index (χ2v) is 19.1. The van der Waals surface area contributed by atoms with Crippen molar-refractivity contribution in [2.45, 2.75) is 137 Å². The summed E-state index contributed by atoms with van der Waals surface area (Å²) in [6.45, 7) is 28.1. The van der Waals surface area contributed by atoms with E-state index in [4.69, 9.17) is 43.2 Å². The molecule has 2 atom stereocenters. The van der Waals surface area contributed by atoms with Crippen molar-refractivity contribution in [1.82, 2.24) is 0 Å². The molecule has 404 valence electrons. The predicted octanol–water partition coefficient (Wildman–Crippen LogP) is 10.2. The summed E-state index contributed by atoms with van der Waals surface area (Å²) in [5.41, 5.74) is -2.69. The third kappa shape index (κ3) is 54.4. The Labute approximate surface area is 403 Å². The predicted molar refractivity (Wildman–Crippen MR) is 279 cm³/mol. The van der Waals surface area contributed by atoms with Crippen LogP contribution in [0.1, 0.15) is 114 Å². The topological polar surface area (TPSA) is 220 Å². The van der Waals surface area contributed by atoms with Gasteiger partial charge in [0.2, 0.25) is 19.7 Å². The second-order valence-electron chi connectivity index (χ2n) is 10.6. The lowest BCUT2D eigenvalue weighted by Crippen LogP contribution is -2.30. The Morgan fingerprint density at radius 1 is 0.415 bits per heavy atom. The van der Waals surface area contributed by atoms with Gasteiger partial charge < -0.3 is 23.7 Å². The Balaban J connectivity index is -0.000000170. The molecule has 2 unspecified atom stereocenters. The molecule has 0 saturated heterocycles. The first-order chi connectivity index (χ1) is 25.9. The highest BCUT2D eigenvalue weighted by molar-refractivity contribution is 7.95. The van der Waals surface area contributed by atoms with Crippen LogP contribution in [-0.4, -0.2) is 134 Å². The maximum absolute atomic E-state index is 11.8. The third-order valence-electron chi connectivity index (χ3n) is 6.63. The smallest absolute Gasteiger partial charge is 0.200 e. The molecule has 21 heteroatoms. The number of ether oxygens (including phenoxy) is 5. The quantitative estimate of drug-likeness (QED) is 0.0246. The van der Waals surface area contributed by atoms with E-state index in [1.165, 1.54) is 13.8 Å². The van der Waals surface area contributed by atoms with E-state index in [2.05, 4.69) is 52.6 Å². The average Bonchev–Trinajstić information content (AvgIpc) is 3.17. The van der Waals surface area contributed by atoms with Gasteiger partial charge in [0.05, 0.1) is 57.3 Å². The van der Waals surface area contributed by atoms with Crippen LogP contribution in [0.4, 0.5) is 0 Å². The van der Waals surface area contributed by atoms with Crippen molar-refractivity contribution in [2.24, 2.45) is 0 Å². The third-order valence-corrected chi connectivity index (χ3v) is 12.1. The van der Waals surface area contributed by atoms with Crippen LogP contribution in [0.5, 0.6) is 0 Å². The van der Waals surface area contributed by atoms with Crippen LogP contribution in [0.2, 0.25) is 0 Å². The zero-order chi connectivity index (χ0) is 42.8. The minimum absolute atomic E-state index is 0. The first-order valence-electron chi connectivity index (χ1n) is 16.9. The molecule has 0 heterocycles. The number of rotatable bonds is 36. The first-order valence-corrected chi connectivity index (χ1v) is 23.6. The molecule has 0 radical (unpaired) electrons. The molecule has 0 aromatic carbocycles. The molecule has 0 aliphatic rings. The van der Waals surface area contributed by atoms with Crippen LogP contribution in [0, 0.1) is 0 Å². The van der Waals surface area contributed by atoms with Gasteiger partial charge in [0.15, 0.2) is 30.5 Å². The summed E-state index contributed by atoms with van der Waals surface area (Å²) in [7, 11) is -14.2. The fourth-order valence-corrected chi connectivity index (χ4v) is 5.36. The van der Waals surface area contributed by atoms with Crippen molar-refractivity contribution in [2.75, 3.05) is 77.6 Å². The summed E-state index contributed by atoms with van der Waals surface area (Å²) in [5, 5.41) is 3.24. The van der Waals surface area contributed by atoms with Gasteiger partial charge in [-0.15, -0.1) is 26.3 Å². The summed E-state index contributed by atoms with van der Waals surface area (Å²) < 4.78 is 121. The Bertz CT molecular complexity index is 1370. The molecule has 0 aromatic rings.